The van der Waals surface area contributed by atoms with E-state index in [4.69, 9.17) is 27.9 Å². The summed E-state index contributed by atoms with van der Waals surface area (Å²) in [5.74, 6) is 0. The van der Waals surface area contributed by atoms with Gasteiger partial charge < -0.3 is 27.9 Å². The van der Waals surface area contributed by atoms with Crippen molar-refractivity contribution in [3.63, 3.8) is 0 Å². The van der Waals surface area contributed by atoms with Gasteiger partial charge in [-0.3, -0.25) is 0 Å². The summed E-state index contributed by atoms with van der Waals surface area (Å²) < 4.78 is 35.6. The normalized spacial score (nSPS) is 47.1. The summed E-state index contributed by atoms with van der Waals surface area (Å²) in [5, 5.41) is 0. The van der Waals surface area contributed by atoms with Crippen molar-refractivity contribution < 1.29 is 27.9 Å². The molecule has 0 aromatic heterocycles. The zero-order valence-corrected chi connectivity index (χ0v) is 14.2. The van der Waals surface area contributed by atoms with Gasteiger partial charge in [-0.2, -0.15) is 0 Å². The maximum absolute atomic E-state index is 5.94. The van der Waals surface area contributed by atoms with Crippen molar-refractivity contribution in [3.8, 4) is 0 Å². The number of benzene rings is 1. The van der Waals surface area contributed by atoms with Crippen molar-refractivity contribution in [1.29, 1.82) is 0 Å². The predicted molar refractivity (Wildman–Crippen MR) is 89.1 cm³/mol. The maximum Gasteiger partial charge on any atom is 0.409 e. The first-order valence-corrected chi connectivity index (χ1v) is 8.67. The predicted octanol–water partition coefficient (Wildman–Crippen LogP) is 0.145. The zero-order chi connectivity index (χ0) is 16.5. The monoisotopic (exact) mass is 332 g/mol. The summed E-state index contributed by atoms with van der Waals surface area (Å²) in [4.78, 5) is 0. The third-order valence-corrected chi connectivity index (χ3v) is 5.66. The maximum atomic E-state index is 5.94. The molecule has 0 unspecified atom stereocenters. The SMILES string of the molecule is CC12CO[B-](c3ccc([B-]45OCC(C)(CO4)CO5)cc3)(OC1)OC2. The molecule has 6 aliphatic heterocycles. The van der Waals surface area contributed by atoms with Crippen LogP contribution in [-0.2, 0) is 27.9 Å². The van der Waals surface area contributed by atoms with Crippen molar-refractivity contribution in [1.82, 2.24) is 0 Å². The minimum Gasteiger partial charge on any atom is -0.540 e. The van der Waals surface area contributed by atoms with E-state index in [1.54, 1.807) is 0 Å². The van der Waals surface area contributed by atoms with Crippen LogP contribution in [0.25, 0.3) is 0 Å². The molecule has 0 N–H and O–H groups in total. The van der Waals surface area contributed by atoms with E-state index < -0.39 is 13.5 Å². The van der Waals surface area contributed by atoms with Crippen LogP contribution in [0.15, 0.2) is 24.3 Å². The van der Waals surface area contributed by atoms with Gasteiger partial charge in [-0.1, -0.05) is 38.1 Å². The molecular weight excluding hydrogens is 310 g/mol. The van der Waals surface area contributed by atoms with Gasteiger partial charge in [-0.05, 0) is 0 Å². The van der Waals surface area contributed by atoms with Crippen molar-refractivity contribution >= 4 is 24.4 Å². The molecule has 0 radical (unpaired) electrons. The van der Waals surface area contributed by atoms with E-state index in [0.29, 0.717) is 39.6 Å². The van der Waals surface area contributed by atoms with Crippen LogP contribution in [-0.4, -0.2) is 53.2 Å². The van der Waals surface area contributed by atoms with Gasteiger partial charge in [0, 0.05) is 50.5 Å². The minimum atomic E-state index is -1.83. The lowest BCUT2D eigenvalue weighted by atomic mass is 9.61. The van der Waals surface area contributed by atoms with Gasteiger partial charge in [0.2, 0.25) is 0 Å². The van der Waals surface area contributed by atoms with Gasteiger partial charge in [0.25, 0.3) is 0 Å². The molecule has 24 heavy (non-hydrogen) atoms. The van der Waals surface area contributed by atoms with Crippen molar-refractivity contribution in [2.45, 2.75) is 13.8 Å². The highest BCUT2D eigenvalue weighted by molar-refractivity contribution is 6.77. The molecule has 6 fully saturated rings. The highest BCUT2D eigenvalue weighted by atomic mass is 16.8. The summed E-state index contributed by atoms with van der Waals surface area (Å²) in [6.45, 7) is 4.55. The second kappa shape index (κ2) is 4.84. The Labute approximate surface area is 141 Å². The Bertz CT molecular complexity index is 557. The number of hydrogen-bond acceptors (Lipinski definition) is 6. The van der Waals surface area contributed by atoms with Crippen molar-refractivity contribution in [2.75, 3.05) is 39.6 Å². The first-order valence-electron chi connectivity index (χ1n) is 8.67. The quantitative estimate of drug-likeness (QED) is 0.719. The highest BCUT2D eigenvalue weighted by Crippen LogP contribution is 2.36. The summed E-state index contributed by atoms with van der Waals surface area (Å²) in [6.07, 6.45) is 0. The topological polar surface area (TPSA) is 55.4 Å². The van der Waals surface area contributed by atoms with Crippen LogP contribution in [0.5, 0.6) is 0 Å². The molecule has 6 aliphatic rings. The average molecular weight is 332 g/mol. The lowest BCUT2D eigenvalue weighted by Gasteiger charge is -2.59. The Morgan fingerprint density at radius 2 is 0.833 bits per heavy atom. The molecular formula is C16H22B2O6-2. The van der Waals surface area contributed by atoms with Crippen LogP contribution < -0.4 is 10.9 Å². The largest absolute Gasteiger partial charge is 0.540 e. The standard InChI is InChI=1S/C16H22B2O6/c1-15-7-19-17(20-8-15,21-9-15)13-3-5-14(6-4-13)18-22-10-16(2,11-23-18)12-24-18/h3-6H,7-12H2,1-2H3/q-2. The number of rotatable bonds is 2. The van der Waals surface area contributed by atoms with Crippen LogP contribution >= 0.6 is 0 Å². The van der Waals surface area contributed by atoms with E-state index in [0.717, 1.165) is 10.9 Å². The second-order valence-electron chi connectivity index (χ2n) is 8.44. The lowest BCUT2D eigenvalue weighted by Crippen LogP contribution is -2.70. The van der Waals surface area contributed by atoms with E-state index in [2.05, 4.69) is 13.8 Å². The van der Waals surface area contributed by atoms with E-state index in [1.807, 2.05) is 24.3 Å². The summed E-state index contributed by atoms with van der Waals surface area (Å²) in [5.41, 5.74) is 1.75. The third-order valence-electron chi connectivity index (χ3n) is 5.66. The fraction of sp³-hybridized carbons (Fsp3) is 0.625. The smallest absolute Gasteiger partial charge is 0.409 e. The van der Waals surface area contributed by atoms with E-state index in [1.165, 1.54) is 0 Å². The van der Waals surface area contributed by atoms with Gasteiger partial charge in [0.1, 0.15) is 0 Å². The first kappa shape index (κ1) is 15.4. The molecule has 6 saturated heterocycles. The fourth-order valence-corrected chi connectivity index (χ4v) is 3.95. The fourth-order valence-electron chi connectivity index (χ4n) is 3.95. The third kappa shape index (κ3) is 2.14. The Morgan fingerprint density at radius 3 is 1.08 bits per heavy atom. The molecule has 1 aromatic rings. The van der Waals surface area contributed by atoms with Crippen LogP contribution in [0, 0.1) is 10.8 Å². The molecule has 0 saturated carbocycles. The molecule has 4 bridgehead atoms. The molecule has 0 amide bonds. The van der Waals surface area contributed by atoms with Gasteiger partial charge in [0.05, 0.1) is 0 Å². The Balaban J connectivity index is 1.40. The summed E-state index contributed by atoms with van der Waals surface area (Å²) in [7, 11) is 0. The van der Waals surface area contributed by atoms with Crippen molar-refractivity contribution in [3.05, 3.63) is 24.3 Å². The van der Waals surface area contributed by atoms with Gasteiger partial charge in [-0.25, -0.2) is 0 Å². The molecule has 1 aromatic carbocycles. The average Bonchev–Trinajstić information content (AvgIpc) is 2.64. The first-order chi connectivity index (χ1) is 11.5. The van der Waals surface area contributed by atoms with Crippen LogP contribution in [0.1, 0.15) is 13.8 Å². The molecule has 6 heterocycles. The van der Waals surface area contributed by atoms with Crippen LogP contribution in [0.3, 0.4) is 0 Å². The van der Waals surface area contributed by atoms with Gasteiger partial charge in [-0.15, -0.1) is 10.9 Å². The Morgan fingerprint density at radius 1 is 0.583 bits per heavy atom. The van der Waals surface area contributed by atoms with E-state index >= 15 is 0 Å². The van der Waals surface area contributed by atoms with Crippen molar-refractivity contribution in [2.24, 2.45) is 10.8 Å². The molecule has 7 rings (SSSR count). The molecule has 0 aliphatic carbocycles. The number of fused-ring (bicyclic) bond motifs is 6. The number of hydrogen-bond donors (Lipinski definition) is 0. The van der Waals surface area contributed by atoms with Crippen LogP contribution in [0.4, 0.5) is 0 Å². The lowest BCUT2D eigenvalue weighted by molar-refractivity contribution is -0.119. The second-order valence-corrected chi connectivity index (χ2v) is 8.44. The summed E-state index contributed by atoms with van der Waals surface area (Å²) in [6, 6.07) is 7.88. The van der Waals surface area contributed by atoms with Gasteiger partial charge >= 0.3 is 13.5 Å². The molecule has 130 valence electrons. The molecule has 8 heteroatoms. The Hall–Kier alpha value is -0.890. The molecule has 6 nitrogen and oxygen atoms in total. The molecule has 0 atom stereocenters. The van der Waals surface area contributed by atoms with E-state index in [9.17, 15) is 0 Å². The highest BCUT2D eigenvalue weighted by Gasteiger charge is 2.48. The van der Waals surface area contributed by atoms with Gasteiger partial charge in [0.15, 0.2) is 0 Å². The van der Waals surface area contributed by atoms with Crippen LogP contribution in [0.2, 0.25) is 0 Å². The molecule has 0 spiro atoms. The van der Waals surface area contributed by atoms with E-state index in [-0.39, 0.29) is 10.8 Å². The summed E-state index contributed by atoms with van der Waals surface area (Å²) >= 11 is 0. The minimum absolute atomic E-state index is 0.0299. The zero-order valence-electron chi connectivity index (χ0n) is 14.2. The Kier molecular flexibility index (Phi) is 3.10.